The first-order valence-electron chi connectivity index (χ1n) is 6.06. The molecule has 0 aliphatic carbocycles. The normalized spacial score (nSPS) is 10.9. The summed E-state index contributed by atoms with van der Waals surface area (Å²) in [5, 5.41) is 0. The van der Waals surface area contributed by atoms with Crippen molar-refractivity contribution in [2.24, 2.45) is 0 Å². The van der Waals surface area contributed by atoms with Crippen LogP contribution in [-0.4, -0.2) is 21.9 Å². The maximum atomic E-state index is 13.5. The van der Waals surface area contributed by atoms with E-state index in [9.17, 15) is 4.39 Å². The lowest BCUT2D eigenvalue weighted by molar-refractivity contribution is 0.305. The summed E-state index contributed by atoms with van der Waals surface area (Å²) >= 11 is 0. The number of rotatable bonds is 4. The Morgan fingerprint density at radius 1 is 1.21 bits per heavy atom. The highest BCUT2D eigenvalue weighted by molar-refractivity contribution is 5.29. The van der Waals surface area contributed by atoms with Gasteiger partial charge in [-0.2, -0.15) is 0 Å². The fourth-order valence-corrected chi connectivity index (χ4v) is 1.94. The number of hydrogen-bond acceptors (Lipinski definition) is 4. The molecule has 2 N–H and O–H groups in total. The molecule has 0 fully saturated rings. The first-order valence-corrected chi connectivity index (χ1v) is 6.06. The van der Waals surface area contributed by atoms with Gasteiger partial charge in [-0.15, -0.1) is 0 Å². The summed E-state index contributed by atoms with van der Waals surface area (Å²) in [5.74, 6) is 0.914. The maximum Gasteiger partial charge on any atom is 0.144 e. The number of aryl methyl sites for hydroxylation is 1. The van der Waals surface area contributed by atoms with Gasteiger partial charge in [0, 0.05) is 23.9 Å². The van der Waals surface area contributed by atoms with Crippen LogP contribution in [0.15, 0.2) is 30.3 Å². The molecule has 5 heteroatoms. The quantitative estimate of drug-likeness (QED) is 0.915. The number of benzene rings is 1. The van der Waals surface area contributed by atoms with E-state index in [4.69, 9.17) is 5.73 Å². The molecule has 0 amide bonds. The highest BCUT2D eigenvalue weighted by atomic mass is 19.1. The van der Waals surface area contributed by atoms with E-state index in [1.54, 1.807) is 18.2 Å². The number of aromatic nitrogens is 2. The second-order valence-corrected chi connectivity index (χ2v) is 4.61. The van der Waals surface area contributed by atoms with Gasteiger partial charge in [-0.05, 0) is 20.0 Å². The lowest BCUT2D eigenvalue weighted by atomic mass is 10.2. The van der Waals surface area contributed by atoms with Gasteiger partial charge in [-0.1, -0.05) is 18.2 Å². The van der Waals surface area contributed by atoms with Gasteiger partial charge in [-0.25, -0.2) is 14.4 Å². The smallest absolute Gasteiger partial charge is 0.144 e. The van der Waals surface area contributed by atoms with Crippen molar-refractivity contribution in [1.29, 1.82) is 0 Å². The summed E-state index contributed by atoms with van der Waals surface area (Å²) in [6.45, 7) is 2.91. The molecule has 2 rings (SSSR count). The van der Waals surface area contributed by atoms with Gasteiger partial charge in [0.2, 0.25) is 0 Å². The summed E-state index contributed by atoms with van der Waals surface area (Å²) in [7, 11) is 1.90. The summed E-state index contributed by atoms with van der Waals surface area (Å²) < 4.78 is 13.5. The Labute approximate surface area is 112 Å². The number of nitrogens with zero attached hydrogens (tertiary/aromatic N) is 3. The molecule has 0 spiro atoms. The Morgan fingerprint density at radius 3 is 2.63 bits per heavy atom. The number of hydrogen-bond donors (Lipinski definition) is 1. The van der Waals surface area contributed by atoms with Crippen LogP contribution in [0.1, 0.15) is 17.1 Å². The van der Waals surface area contributed by atoms with Crippen LogP contribution in [0.2, 0.25) is 0 Å². The van der Waals surface area contributed by atoms with Crippen molar-refractivity contribution in [1.82, 2.24) is 14.9 Å². The number of nitrogens with two attached hydrogens (primary N) is 1. The number of nitrogen functional groups attached to an aromatic ring is 1. The molecule has 0 unspecified atom stereocenters. The monoisotopic (exact) mass is 260 g/mol. The summed E-state index contributed by atoms with van der Waals surface area (Å²) in [4.78, 5) is 10.4. The van der Waals surface area contributed by atoms with Crippen LogP contribution in [-0.2, 0) is 13.1 Å². The second-order valence-electron chi connectivity index (χ2n) is 4.61. The van der Waals surface area contributed by atoms with Crippen LogP contribution in [0.4, 0.5) is 10.2 Å². The van der Waals surface area contributed by atoms with Gasteiger partial charge in [0.05, 0.1) is 6.54 Å². The molecule has 0 saturated heterocycles. The minimum absolute atomic E-state index is 0.195. The van der Waals surface area contributed by atoms with Crippen LogP contribution < -0.4 is 5.73 Å². The van der Waals surface area contributed by atoms with Crippen molar-refractivity contribution in [3.05, 3.63) is 53.2 Å². The Morgan fingerprint density at radius 2 is 1.95 bits per heavy atom. The van der Waals surface area contributed by atoms with Crippen molar-refractivity contribution in [3.63, 3.8) is 0 Å². The predicted molar refractivity (Wildman–Crippen MR) is 72.8 cm³/mol. The van der Waals surface area contributed by atoms with Crippen molar-refractivity contribution in [3.8, 4) is 0 Å². The van der Waals surface area contributed by atoms with Crippen LogP contribution >= 0.6 is 0 Å². The molecule has 1 aromatic carbocycles. The van der Waals surface area contributed by atoms with Crippen LogP contribution in [0.3, 0.4) is 0 Å². The summed E-state index contributed by atoms with van der Waals surface area (Å²) in [6.07, 6.45) is 0. The molecule has 19 heavy (non-hydrogen) atoms. The molecule has 0 saturated carbocycles. The number of halogens is 1. The van der Waals surface area contributed by atoms with Gasteiger partial charge in [-0.3, -0.25) is 4.90 Å². The molecule has 4 nitrogen and oxygen atoms in total. The minimum Gasteiger partial charge on any atom is -0.384 e. The van der Waals surface area contributed by atoms with Crippen molar-refractivity contribution in [2.75, 3.05) is 12.8 Å². The van der Waals surface area contributed by atoms with Gasteiger partial charge in [0.25, 0.3) is 0 Å². The lowest BCUT2D eigenvalue weighted by Crippen LogP contribution is -2.20. The highest BCUT2D eigenvalue weighted by Gasteiger charge is 2.08. The molecule has 2 aromatic rings. The molecule has 1 heterocycles. The SMILES string of the molecule is Cc1cc(N)nc(CN(C)Cc2ccccc2F)n1. The molecule has 0 aliphatic heterocycles. The highest BCUT2D eigenvalue weighted by Crippen LogP contribution is 2.11. The lowest BCUT2D eigenvalue weighted by Gasteiger charge is -2.16. The predicted octanol–water partition coefficient (Wildman–Crippen LogP) is 2.14. The molecule has 0 bridgehead atoms. The Hall–Kier alpha value is -2.01. The van der Waals surface area contributed by atoms with Gasteiger partial charge in [0.15, 0.2) is 0 Å². The topological polar surface area (TPSA) is 55.0 Å². The summed E-state index contributed by atoms with van der Waals surface area (Å²) in [5.41, 5.74) is 7.18. The average Bonchev–Trinajstić information content (AvgIpc) is 2.30. The molecule has 100 valence electrons. The second kappa shape index (κ2) is 5.75. The average molecular weight is 260 g/mol. The van der Waals surface area contributed by atoms with Gasteiger partial charge >= 0.3 is 0 Å². The Bertz CT molecular complexity index is 551. The van der Waals surface area contributed by atoms with E-state index in [2.05, 4.69) is 9.97 Å². The van der Waals surface area contributed by atoms with E-state index in [0.29, 0.717) is 30.3 Å². The third-order valence-electron chi connectivity index (χ3n) is 2.73. The molecule has 1 aromatic heterocycles. The summed E-state index contributed by atoms with van der Waals surface area (Å²) in [6, 6.07) is 8.47. The third-order valence-corrected chi connectivity index (χ3v) is 2.73. The van der Waals surface area contributed by atoms with Crippen molar-refractivity contribution >= 4 is 5.82 Å². The zero-order chi connectivity index (χ0) is 13.8. The molecule has 0 atom stereocenters. The van der Waals surface area contributed by atoms with E-state index in [1.807, 2.05) is 24.9 Å². The molecular weight excluding hydrogens is 243 g/mol. The largest absolute Gasteiger partial charge is 0.384 e. The van der Waals surface area contributed by atoms with Crippen molar-refractivity contribution in [2.45, 2.75) is 20.0 Å². The third kappa shape index (κ3) is 3.72. The maximum absolute atomic E-state index is 13.5. The van der Waals surface area contributed by atoms with Gasteiger partial charge in [0.1, 0.15) is 17.5 Å². The Balaban J connectivity index is 2.05. The van der Waals surface area contributed by atoms with E-state index in [-0.39, 0.29) is 5.82 Å². The number of anilines is 1. The zero-order valence-electron chi connectivity index (χ0n) is 11.1. The van der Waals surface area contributed by atoms with Crippen LogP contribution in [0.5, 0.6) is 0 Å². The van der Waals surface area contributed by atoms with E-state index in [1.165, 1.54) is 6.07 Å². The van der Waals surface area contributed by atoms with Crippen LogP contribution in [0, 0.1) is 12.7 Å². The fourth-order valence-electron chi connectivity index (χ4n) is 1.94. The fraction of sp³-hybridized carbons (Fsp3) is 0.286. The van der Waals surface area contributed by atoms with Crippen LogP contribution in [0.25, 0.3) is 0 Å². The Kier molecular flexibility index (Phi) is 4.06. The van der Waals surface area contributed by atoms with E-state index < -0.39 is 0 Å². The van der Waals surface area contributed by atoms with E-state index in [0.717, 1.165) is 5.69 Å². The zero-order valence-corrected chi connectivity index (χ0v) is 11.1. The standard InChI is InChI=1S/C14H17FN4/c1-10-7-13(16)18-14(17-10)9-19(2)8-11-5-3-4-6-12(11)15/h3-7H,8-9H2,1-2H3,(H2,16,17,18). The minimum atomic E-state index is -0.195. The first-order chi connectivity index (χ1) is 9.04. The van der Waals surface area contributed by atoms with Gasteiger partial charge < -0.3 is 5.73 Å². The van der Waals surface area contributed by atoms with Crippen molar-refractivity contribution < 1.29 is 4.39 Å². The molecule has 0 radical (unpaired) electrons. The first kappa shape index (κ1) is 13.4. The molecule has 0 aliphatic rings. The van der Waals surface area contributed by atoms with E-state index >= 15 is 0 Å². The molecular formula is C14H17FN4.